The molecule has 1 aromatic rings. The Morgan fingerprint density at radius 1 is 1.22 bits per heavy atom. The minimum Gasteiger partial charge on any atom is -0.393 e. The van der Waals surface area contributed by atoms with E-state index in [9.17, 15) is 13.5 Å². The van der Waals surface area contributed by atoms with Gasteiger partial charge < -0.3 is 5.11 Å². The SMILES string of the molecule is Cc1cccc(S(=O)(=O)NC2CCC(O)CC2)c1. The van der Waals surface area contributed by atoms with Crippen LogP contribution in [0.1, 0.15) is 31.2 Å². The van der Waals surface area contributed by atoms with Crippen LogP contribution in [0.25, 0.3) is 0 Å². The van der Waals surface area contributed by atoms with E-state index in [-0.39, 0.29) is 12.1 Å². The molecule has 0 saturated heterocycles. The second kappa shape index (κ2) is 5.38. The quantitative estimate of drug-likeness (QED) is 0.875. The van der Waals surface area contributed by atoms with Crippen molar-refractivity contribution in [3.8, 4) is 0 Å². The highest BCUT2D eigenvalue weighted by Gasteiger charge is 2.24. The molecule has 0 unspecified atom stereocenters. The third kappa shape index (κ3) is 3.31. The molecule has 0 heterocycles. The lowest BCUT2D eigenvalue weighted by Gasteiger charge is -2.26. The lowest BCUT2D eigenvalue weighted by atomic mass is 9.94. The highest BCUT2D eigenvalue weighted by atomic mass is 32.2. The number of rotatable bonds is 3. The molecule has 0 bridgehead atoms. The summed E-state index contributed by atoms with van der Waals surface area (Å²) >= 11 is 0. The molecule has 1 aliphatic carbocycles. The van der Waals surface area contributed by atoms with Crippen molar-refractivity contribution in [3.05, 3.63) is 29.8 Å². The van der Waals surface area contributed by atoms with Gasteiger partial charge in [0.1, 0.15) is 0 Å². The summed E-state index contributed by atoms with van der Waals surface area (Å²) in [5.41, 5.74) is 0.928. The average molecular weight is 269 g/mol. The maximum atomic E-state index is 12.2. The third-order valence-corrected chi connectivity index (χ3v) is 4.84. The van der Waals surface area contributed by atoms with Crippen LogP contribution in [0.2, 0.25) is 0 Å². The first-order valence-electron chi connectivity index (χ1n) is 6.24. The molecule has 0 radical (unpaired) electrons. The molecule has 2 rings (SSSR count). The Kier molecular flexibility index (Phi) is 4.04. The van der Waals surface area contributed by atoms with Crippen LogP contribution >= 0.6 is 0 Å². The van der Waals surface area contributed by atoms with Crippen molar-refractivity contribution >= 4 is 10.0 Å². The Morgan fingerprint density at radius 3 is 2.50 bits per heavy atom. The fourth-order valence-corrected chi connectivity index (χ4v) is 3.67. The van der Waals surface area contributed by atoms with Gasteiger partial charge in [0.25, 0.3) is 0 Å². The maximum absolute atomic E-state index is 12.2. The first-order valence-corrected chi connectivity index (χ1v) is 7.73. The summed E-state index contributed by atoms with van der Waals surface area (Å²) in [5, 5.41) is 9.40. The van der Waals surface area contributed by atoms with Crippen molar-refractivity contribution < 1.29 is 13.5 Å². The molecule has 100 valence electrons. The van der Waals surface area contributed by atoms with Crippen LogP contribution in [-0.4, -0.2) is 25.7 Å². The lowest BCUT2D eigenvalue weighted by molar-refractivity contribution is 0.120. The summed E-state index contributed by atoms with van der Waals surface area (Å²) in [6, 6.07) is 6.83. The number of aliphatic hydroxyl groups excluding tert-OH is 1. The van der Waals surface area contributed by atoms with Gasteiger partial charge >= 0.3 is 0 Å². The average Bonchev–Trinajstić information content (AvgIpc) is 2.32. The largest absolute Gasteiger partial charge is 0.393 e. The molecule has 0 aromatic heterocycles. The predicted octanol–water partition coefficient (Wildman–Crippen LogP) is 1.58. The van der Waals surface area contributed by atoms with Crippen molar-refractivity contribution in [2.24, 2.45) is 0 Å². The molecule has 1 fully saturated rings. The molecule has 4 nitrogen and oxygen atoms in total. The molecule has 18 heavy (non-hydrogen) atoms. The second-order valence-electron chi connectivity index (χ2n) is 4.94. The van der Waals surface area contributed by atoms with Gasteiger partial charge in [0, 0.05) is 6.04 Å². The topological polar surface area (TPSA) is 66.4 Å². The van der Waals surface area contributed by atoms with Gasteiger partial charge in [-0.15, -0.1) is 0 Å². The van der Waals surface area contributed by atoms with Crippen LogP contribution in [0.4, 0.5) is 0 Å². The summed E-state index contributed by atoms with van der Waals surface area (Å²) < 4.78 is 27.0. The van der Waals surface area contributed by atoms with Crippen molar-refractivity contribution in [1.82, 2.24) is 4.72 Å². The number of sulfonamides is 1. The Labute approximate surface area is 108 Å². The van der Waals surface area contributed by atoms with Crippen LogP contribution in [0.15, 0.2) is 29.2 Å². The van der Waals surface area contributed by atoms with E-state index in [0.29, 0.717) is 30.6 Å². The number of benzene rings is 1. The highest BCUT2D eigenvalue weighted by molar-refractivity contribution is 7.89. The normalized spacial score (nSPS) is 25.0. The molecule has 0 spiro atoms. The molecular formula is C13H19NO3S. The zero-order valence-electron chi connectivity index (χ0n) is 10.5. The van der Waals surface area contributed by atoms with Gasteiger partial charge in [-0.3, -0.25) is 0 Å². The Morgan fingerprint density at radius 2 is 1.89 bits per heavy atom. The summed E-state index contributed by atoms with van der Waals surface area (Å²) in [5.74, 6) is 0. The van der Waals surface area contributed by atoms with Crippen LogP contribution in [0, 0.1) is 6.92 Å². The van der Waals surface area contributed by atoms with E-state index in [1.807, 2.05) is 13.0 Å². The molecule has 1 aromatic carbocycles. The van der Waals surface area contributed by atoms with E-state index in [4.69, 9.17) is 0 Å². The monoisotopic (exact) mass is 269 g/mol. The van der Waals surface area contributed by atoms with E-state index in [1.165, 1.54) is 0 Å². The fourth-order valence-electron chi connectivity index (χ4n) is 2.26. The summed E-state index contributed by atoms with van der Waals surface area (Å²) in [4.78, 5) is 0.314. The van der Waals surface area contributed by atoms with E-state index in [2.05, 4.69) is 4.72 Å². The van der Waals surface area contributed by atoms with Gasteiger partial charge in [-0.05, 0) is 50.3 Å². The number of nitrogens with one attached hydrogen (secondary N) is 1. The van der Waals surface area contributed by atoms with E-state index < -0.39 is 10.0 Å². The molecule has 2 N–H and O–H groups in total. The maximum Gasteiger partial charge on any atom is 0.240 e. The van der Waals surface area contributed by atoms with Crippen LogP contribution in [0.5, 0.6) is 0 Å². The predicted molar refractivity (Wildman–Crippen MR) is 69.8 cm³/mol. The zero-order chi connectivity index (χ0) is 13.2. The summed E-state index contributed by atoms with van der Waals surface area (Å²) in [6.07, 6.45) is 2.46. The number of aliphatic hydroxyl groups is 1. The molecule has 1 saturated carbocycles. The van der Waals surface area contributed by atoms with E-state index in [0.717, 1.165) is 5.56 Å². The Bertz CT molecular complexity index is 505. The standard InChI is InChI=1S/C13H19NO3S/c1-10-3-2-4-13(9-10)18(16,17)14-11-5-7-12(15)8-6-11/h2-4,9,11-12,14-15H,5-8H2,1H3. The fraction of sp³-hybridized carbons (Fsp3) is 0.538. The molecule has 0 aliphatic heterocycles. The van der Waals surface area contributed by atoms with Gasteiger partial charge in [0.05, 0.1) is 11.0 Å². The molecule has 0 amide bonds. The second-order valence-corrected chi connectivity index (χ2v) is 6.66. The van der Waals surface area contributed by atoms with Gasteiger partial charge in [-0.1, -0.05) is 12.1 Å². The molecule has 0 atom stereocenters. The number of hydrogen-bond donors (Lipinski definition) is 2. The Balaban J connectivity index is 2.08. The first-order chi connectivity index (χ1) is 8.47. The highest BCUT2D eigenvalue weighted by Crippen LogP contribution is 2.20. The van der Waals surface area contributed by atoms with Gasteiger partial charge in [0.2, 0.25) is 10.0 Å². The van der Waals surface area contributed by atoms with Crippen LogP contribution in [0.3, 0.4) is 0 Å². The smallest absolute Gasteiger partial charge is 0.240 e. The number of aryl methyl sites for hydroxylation is 1. The summed E-state index contributed by atoms with van der Waals surface area (Å²) in [7, 11) is -3.43. The summed E-state index contributed by atoms with van der Waals surface area (Å²) in [6.45, 7) is 1.87. The van der Waals surface area contributed by atoms with Gasteiger partial charge in [-0.25, -0.2) is 13.1 Å². The third-order valence-electron chi connectivity index (χ3n) is 3.32. The minimum absolute atomic E-state index is 0.0566. The van der Waals surface area contributed by atoms with Crippen molar-refractivity contribution in [3.63, 3.8) is 0 Å². The van der Waals surface area contributed by atoms with Crippen LogP contribution < -0.4 is 4.72 Å². The number of hydrogen-bond acceptors (Lipinski definition) is 3. The molecule has 5 heteroatoms. The van der Waals surface area contributed by atoms with Crippen molar-refractivity contribution in [2.75, 3.05) is 0 Å². The zero-order valence-corrected chi connectivity index (χ0v) is 11.3. The van der Waals surface area contributed by atoms with Gasteiger partial charge in [0.15, 0.2) is 0 Å². The lowest BCUT2D eigenvalue weighted by Crippen LogP contribution is -2.38. The first kappa shape index (κ1) is 13.5. The van der Waals surface area contributed by atoms with Gasteiger partial charge in [-0.2, -0.15) is 0 Å². The Hall–Kier alpha value is -0.910. The van der Waals surface area contributed by atoms with Crippen LogP contribution in [-0.2, 0) is 10.0 Å². The van der Waals surface area contributed by atoms with E-state index in [1.54, 1.807) is 18.2 Å². The molecule has 1 aliphatic rings. The van der Waals surface area contributed by atoms with Crippen molar-refractivity contribution in [2.45, 2.75) is 49.6 Å². The van der Waals surface area contributed by atoms with Crippen molar-refractivity contribution in [1.29, 1.82) is 0 Å². The van der Waals surface area contributed by atoms with E-state index >= 15 is 0 Å². The molecular weight excluding hydrogens is 250 g/mol. The minimum atomic E-state index is -3.43.